The number of anilines is 3. The lowest BCUT2D eigenvalue weighted by Crippen LogP contribution is -2.04. The van der Waals surface area contributed by atoms with Crippen LogP contribution in [0.4, 0.5) is 17.2 Å². The number of unbranched alkanes of at least 4 members (excludes halogenated alkanes) is 3. The largest absolute Gasteiger partial charge is 0.369 e. The van der Waals surface area contributed by atoms with E-state index in [0.717, 1.165) is 23.7 Å². The summed E-state index contributed by atoms with van der Waals surface area (Å²) in [6.07, 6.45) is 6.75. The summed E-state index contributed by atoms with van der Waals surface area (Å²) in [4.78, 5) is 0. The van der Waals surface area contributed by atoms with Crippen LogP contribution in [0.5, 0.6) is 0 Å². The van der Waals surface area contributed by atoms with Gasteiger partial charge in [0.1, 0.15) is 11.5 Å². The van der Waals surface area contributed by atoms with E-state index >= 15 is 0 Å². The molecule has 0 unspecified atom stereocenters. The van der Waals surface area contributed by atoms with Crippen LogP contribution in [0.3, 0.4) is 0 Å². The number of nitrogens with zero attached hydrogens (tertiary/aromatic N) is 1. The zero-order valence-electron chi connectivity index (χ0n) is 11.7. The summed E-state index contributed by atoms with van der Waals surface area (Å²) in [5.41, 5.74) is 1.88. The first kappa shape index (κ1) is 14.7. The van der Waals surface area contributed by atoms with Gasteiger partial charge >= 0.3 is 0 Å². The van der Waals surface area contributed by atoms with Gasteiger partial charge in [0.15, 0.2) is 0 Å². The average molecular weight is 293 g/mol. The second kappa shape index (κ2) is 7.80. The number of H-pyrrole nitrogens is 1. The van der Waals surface area contributed by atoms with Gasteiger partial charge in [-0.2, -0.15) is 5.10 Å². The third-order valence-corrected chi connectivity index (χ3v) is 3.31. The predicted octanol–water partition coefficient (Wildman–Crippen LogP) is 4.80. The second-order valence-electron chi connectivity index (χ2n) is 4.78. The molecule has 20 heavy (non-hydrogen) atoms. The highest BCUT2D eigenvalue weighted by Crippen LogP contribution is 2.24. The lowest BCUT2D eigenvalue weighted by Gasteiger charge is -2.09. The molecule has 0 saturated carbocycles. The number of rotatable bonds is 8. The Morgan fingerprint density at radius 1 is 1.25 bits per heavy atom. The summed E-state index contributed by atoms with van der Waals surface area (Å²) >= 11 is 5.98. The quantitative estimate of drug-likeness (QED) is 0.613. The van der Waals surface area contributed by atoms with Crippen LogP contribution in [0, 0.1) is 0 Å². The van der Waals surface area contributed by atoms with Gasteiger partial charge in [0.2, 0.25) is 0 Å². The molecule has 5 heteroatoms. The first-order chi connectivity index (χ1) is 9.79. The third-order valence-electron chi connectivity index (χ3n) is 3.08. The molecule has 0 radical (unpaired) electrons. The monoisotopic (exact) mass is 292 g/mol. The van der Waals surface area contributed by atoms with Gasteiger partial charge in [-0.25, -0.2) is 0 Å². The van der Waals surface area contributed by atoms with Crippen LogP contribution in [-0.4, -0.2) is 16.7 Å². The summed E-state index contributed by atoms with van der Waals surface area (Å²) in [6.45, 7) is 3.17. The lowest BCUT2D eigenvalue weighted by molar-refractivity contribution is 0.684. The van der Waals surface area contributed by atoms with E-state index in [1.54, 1.807) is 6.20 Å². The maximum Gasteiger partial charge on any atom is 0.145 e. The molecule has 0 aliphatic carbocycles. The highest BCUT2D eigenvalue weighted by molar-refractivity contribution is 6.30. The van der Waals surface area contributed by atoms with Crippen molar-refractivity contribution in [2.45, 2.75) is 32.6 Å². The van der Waals surface area contributed by atoms with Crippen LogP contribution in [-0.2, 0) is 0 Å². The minimum Gasteiger partial charge on any atom is -0.369 e. The Bertz CT molecular complexity index is 524. The molecule has 0 spiro atoms. The molecule has 0 amide bonds. The van der Waals surface area contributed by atoms with Crippen molar-refractivity contribution in [2.24, 2.45) is 0 Å². The average Bonchev–Trinajstić information content (AvgIpc) is 2.86. The van der Waals surface area contributed by atoms with Gasteiger partial charge in [-0.05, 0) is 24.6 Å². The van der Waals surface area contributed by atoms with Gasteiger partial charge in [0.25, 0.3) is 0 Å². The van der Waals surface area contributed by atoms with Crippen LogP contribution < -0.4 is 10.6 Å². The Morgan fingerprint density at radius 3 is 2.95 bits per heavy atom. The molecule has 0 aliphatic heterocycles. The Kier molecular flexibility index (Phi) is 5.74. The molecule has 1 aromatic heterocycles. The number of hydrogen-bond donors (Lipinski definition) is 3. The maximum atomic E-state index is 5.98. The number of benzene rings is 1. The van der Waals surface area contributed by atoms with Gasteiger partial charge in [-0.3, -0.25) is 5.10 Å². The number of halogens is 1. The molecule has 0 atom stereocenters. The molecule has 1 aromatic carbocycles. The van der Waals surface area contributed by atoms with Gasteiger partial charge in [-0.15, -0.1) is 0 Å². The van der Waals surface area contributed by atoms with Gasteiger partial charge < -0.3 is 10.6 Å². The molecular weight excluding hydrogens is 272 g/mol. The minimum absolute atomic E-state index is 0.715. The summed E-state index contributed by atoms with van der Waals surface area (Å²) in [5, 5.41) is 14.4. The topological polar surface area (TPSA) is 52.7 Å². The SMILES string of the molecule is CCCCCCNc1[nH]ncc1Nc1cccc(Cl)c1. The minimum atomic E-state index is 0.715. The smallest absolute Gasteiger partial charge is 0.145 e. The number of nitrogens with one attached hydrogen (secondary N) is 3. The van der Waals surface area contributed by atoms with Crippen LogP contribution in [0.25, 0.3) is 0 Å². The van der Waals surface area contributed by atoms with Crippen molar-refractivity contribution in [3.8, 4) is 0 Å². The summed E-state index contributed by atoms with van der Waals surface area (Å²) in [7, 11) is 0. The first-order valence-corrected chi connectivity index (χ1v) is 7.47. The van der Waals surface area contributed by atoms with Crippen molar-refractivity contribution >= 4 is 28.8 Å². The zero-order valence-corrected chi connectivity index (χ0v) is 12.5. The predicted molar refractivity (Wildman–Crippen MR) is 86.0 cm³/mol. The molecule has 3 N–H and O–H groups in total. The van der Waals surface area contributed by atoms with Gasteiger partial charge in [-0.1, -0.05) is 43.9 Å². The van der Waals surface area contributed by atoms with Crippen LogP contribution in [0.15, 0.2) is 30.5 Å². The third kappa shape index (κ3) is 4.46. The fourth-order valence-corrected chi connectivity index (χ4v) is 2.19. The molecule has 2 rings (SSSR count). The Labute approximate surface area is 124 Å². The molecule has 4 nitrogen and oxygen atoms in total. The number of hydrogen-bond acceptors (Lipinski definition) is 3. The molecule has 2 aromatic rings. The van der Waals surface area contributed by atoms with E-state index in [2.05, 4.69) is 27.8 Å². The van der Waals surface area contributed by atoms with Crippen LogP contribution >= 0.6 is 11.6 Å². The molecule has 0 bridgehead atoms. The lowest BCUT2D eigenvalue weighted by atomic mass is 10.2. The standard InChI is InChI=1S/C15H21ClN4/c1-2-3-4-5-9-17-15-14(11-18-20-15)19-13-8-6-7-12(16)10-13/h6-8,10-11,19H,2-5,9H2,1H3,(H2,17,18,20). The summed E-state index contributed by atoms with van der Waals surface area (Å²) < 4.78 is 0. The van der Waals surface area contributed by atoms with E-state index in [1.165, 1.54) is 25.7 Å². The number of aromatic nitrogens is 2. The van der Waals surface area contributed by atoms with E-state index in [4.69, 9.17) is 11.6 Å². The van der Waals surface area contributed by atoms with Crippen molar-refractivity contribution in [3.63, 3.8) is 0 Å². The Balaban J connectivity index is 1.88. The Morgan fingerprint density at radius 2 is 2.15 bits per heavy atom. The van der Waals surface area contributed by atoms with E-state index in [9.17, 15) is 0 Å². The van der Waals surface area contributed by atoms with E-state index in [0.29, 0.717) is 5.02 Å². The highest BCUT2D eigenvalue weighted by atomic mass is 35.5. The first-order valence-electron chi connectivity index (χ1n) is 7.09. The van der Waals surface area contributed by atoms with Crippen molar-refractivity contribution in [1.82, 2.24) is 10.2 Å². The van der Waals surface area contributed by atoms with E-state index < -0.39 is 0 Å². The fourth-order valence-electron chi connectivity index (χ4n) is 2.00. The van der Waals surface area contributed by atoms with Crippen LogP contribution in [0.1, 0.15) is 32.6 Å². The molecular formula is C15H21ClN4. The zero-order chi connectivity index (χ0) is 14.2. The molecule has 0 aliphatic rings. The fraction of sp³-hybridized carbons (Fsp3) is 0.400. The molecule has 0 saturated heterocycles. The van der Waals surface area contributed by atoms with Crippen molar-refractivity contribution in [2.75, 3.05) is 17.2 Å². The van der Waals surface area contributed by atoms with Gasteiger partial charge in [0.05, 0.1) is 6.20 Å². The van der Waals surface area contributed by atoms with E-state index in [-0.39, 0.29) is 0 Å². The highest BCUT2D eigenvalue weighted by Gasteiger charge is 2.04. The van der Waals surface area contributed by atoms with Crippen molar-refractivity contribution in [1.29, 1.82) is 0 Å². The number of aromatic amines is 1. The van der Waals surface area contributed by atoms with Crippen LogP contribution in [0.2, 0.25) is 5.02 Å². The second-order valence-corrected chi connectivity index (χ2v) is 5.22. The van der Waals surface area contributed by atoms with E-state index in [1.807, 2.05) is 24.3 Å². The van der Waals surface area contributed by atoms with Gasteiger partial charge in [0, 0.05) is 17.3 Å². The summed E-state index contributed by atoms with van der Waals surface area (Å²) in [5.74, 6) is 0.918. The van der Waals surface area contributed by atoms with Crippen molar-refractivity contribution < 1.29 is 0 Å². The summed E-state index contributed by atoms with van der Waals surface area (Å²) in [6, 6.07) is 7.64. The molecule has 108 valence electrons. The van der Waals surface area contributed by atoms with Crippen molar-refractivity contribution in [3.05, 3.63) is 35.5 Å². The molecule has 0 fully saturated rings. The molecule has 1 heterocycles. The normalized spacial score (nSPS) is 10.5. The Hall–Kier alpha value is -1.68. The maximum absolute atomic E-state index is 5.98.